The molecule has 0 unspecified atom stereocenters. The molecule has 0 amide bonds. The van der Waals surface area contributed by atoms with Crippen LogP contribution in [0.3, 0.4) is 0 Å². The molecule has 25 heavy (non-hydrogen) atoms. The first-order valence-corrected chi connectivity index (χ1v) is 9.99. The number of aliphatic hydroxyl groups excluding tert-OH is 2. The van der Waals surface area contributed by atoms with Gasteiger partial charge in [0.05, 0.1) is 7.11 Å². The minimum atomic E-state index is -1.09. The van der Waals surface area contributed by atoms with Crippen molar-refractivity contribution in [2.75, 3.05) is 7.11 Å². The van der Waals surface area contributed by atoms with Crippen molar-refractivity contribution in [3.05, 3.63) is 11.5 Å². The van der Waals surface area contributed by atoms with Gasteiger partial charge >= 0.3 is 5.97 Å². The van der Waals surface area contributed by atoms with Gasteiger partial charge in [0.2, 0.25) is 5.76 Å². The summed E-state index contributed by atoms with van der Waals surface area (Å²) in [5, 5.41) is 20.0. The van der Waals surface area contributed by atoms with Crippen LogP contribution in [0.15, 0.2) is 11.5 Å². The molecule has 0 bridgehead atoms. The van der Waals surface area contributed by atoms with Crippen LogP contribution in [0.4, 0.5) is 0 Å². The molecule has 0 aromatic carbocycles. The number of esters is 1. The number of cyclic esters (lactones) is 1. The molecular weight excluding hydrogens is 340 g/mol. The van der Waals surface area contributed by atoms with Crippen LogP contribution in [0.5, 0.6) is 0 Å². The summed E-state index contributed by atoms with van der Waals surface area (Å²) in [5.74, 6) is -1.18. The Balaban J connectivity index is 2.30. The molecule has 0 spiro atoms. The molecule has 5 nitrogen and oxygen atoms in total. The van der Waals surface area contributed by atoms with Gasteiger partial charge in [-0.3, -0.25) is 0 Å². The maximum absolute atomic E-state index is 11.6. The molecule has 146 valence electrons. The number of rotatable bonds is 13. The molecule has 0 saturated carbocycles. The van der Waals surface area contributed by atoms with Crippen molar-refractivity contribution in [3.63, 3.8) is 0 Å². The van der Waals surface area contributed by atoms with Crippen molar-refractivity contribution in [3.8, 4) is 0 Å². The average Bonchev–Trinajstić information content (AvgIpc) is 2.89. The van der Waals surface area contributed by atoms with Crippen LogP contribution in [0.1, 0.15) is 71.6 Å². The average molecular weight is 375 g/mol. The summed E-state index contributed by atoms with van der Waals surface area (Å²) in [6.45, 7) is 4.25. The molecule has 1 heterocycles. The van der Waals surface area contributed by atoms with Crippen molar-refractivity contribution in [1.29, 1.82) is 0 Å². The highest BCUT2D eigenvalue weighted by atomic mass is 32.1. The number of carbonyl (C=O) groups excluding carboxylic acids is 1. The second kappa shape index (κ2) is 11.7. The first kappa shape index (κ1) is 22.2. The molecule has 0 aliphatic carbocycles. The highest BCUT2D eigenvalue weighted by molar-refractivity contribution is 7.81. The van der Waals surface area contributed by atoms with E-state index < -0.39 is 18.2 Å². The summed E-state index contributed by atoms with van der Waals surface area (Å²) < 4.78 is 9.82. The van der Waals surface area contributed by atoms with Gasteiger partial charge in [0.25, 0.3) is 0 Å². The van der Waals surface area contributed by atoms with Crippen LogP contribution in [0, 0.1) is 5.92 Å². The van der Waals surface area contributed by atoms with E-state index in [0.29, 0.717) is 0 Å². The number of unbranched alkanes of at least 4 members (excludes halogenated alkanes) is 7. The lowest BCUT2D eigenvalue weighted by Gasteiger charge is -2.27. The Labute approximate surface area is 157 Å². The molecule has 0 saturated heterocycles. The monoisotopic (exact) mass is 374 g/mol. The SMILES string of the molecule is CCCCCCCCCC[C@@H](C)[C@@H](S)[C@H](O)[C@H]1OC(=O)C(OC)=C1O. The van der Waals surface area contributed by atoms with E-state index in [9.17, 15) is 15.0 Å². The number of hydrogen-bond acceptors (Lipinski definition) is 6. The highest BCUT2D eigenvalue weighted by Gasteiger charge is 2.43. The van der Waals surface area contributed by atoms with E-state index in [1.807, 2.05) is 6.92 Å². The lowest BCUT2D eigenvalue weighted by atomic mass is 9.93. The maximum atomic E-state index is 11.6. The highest BCUT2D eigenvalue weighted by Crippen LogP contribution is 2.30. The second-order valence-corrected chi connectivity index (χ2v) is 7.56. The zero-order valence-electron chi connectivity index (χ0n) is 15.7. The van der Waals surface area contributed by atoms with Crippen LogP contribution in [-0.4, -0.2) is 40.8 Å². The molecule has 6 heteroatoms. The van der Waals surface area contributed by atoms with Crippen molar-refractivity contribution in [2.24, 2.45) is 5.92 Å². The second-order valence-electron chi connectivity index (χ2n) is 6.97. The van der Waals surface area contributed by atoms with E-state index in [4.69, 9.17) is 9.47 Å². The topological polar surface area (TPSA) is 76.0 Å². The molecule has 1 aliphatic heterocycles. The van der Waals surface area contributed by atoms with Gasteiger partial charge in [-0.2, -0.15) is 12.6 Å². The minimum absolute atomic E-state index is 0.150. The van der Waals surface area contributed by atoms with E-state index in [1.54, 1.807) is 0 Å². The van der Waals surface area contributed by atoms with Gasteiger partial charge in [-0.05, 0) is 12.3 Å². The zero-order chi connectivity index (χ0) is 18.8. The van der Waals surface area contributed by atoms with Crippen molar-refractivity contribution >= 4 is 18.6 Å². The molecular formula is C19H34O5S. The molecule has 0 radical (unpaired) electrons. The van der Waals surface area contributed by atoms with Crippen LogP contribution in [0.2, 0.25) is 0 Å². The number of thiol groups is 1. The van der Waals surface area contributed by atoms with Crippen LogP contribution < -0.4 is 0 Å². The summed E-state index contributed by atoms with van der Waals surface area (Å²) in [7, 11) is 1.28. The molecule has 2 N–H and O–H groups in total. The number of methoxy groups -OCH3 is 1. The summed E-state index contributed by atoms with van der Waals surface area (Å²) >= 11 is 4.49. The largest absolute Gasteiger partial charge is 0.505 e. The number of hydrogen-bond donors (Lipinski definition) is 3. The van der Waals surface area contributed by atoms with Crippen LogP contribution in [-0.2, 0) is 14.3 Å². The molecule has 0 aromatic heterocycles. The van der Waals surface area contributed by atoms with E-state index >= 15 is 0 Å². The standard InChI is InChI=1S/C19H34O5S/c1-4-5-6-7-8-9-10-11-12-13(2)18(25)15(21)16-14(20)17(23-3)19(22)24-16/h13,15-16,18,20-21,25H,4-12H2,1-3H3/t13-,15-,16+,18-/m1/s1. The Kier molecular flexibility index (Phi) is 10.4. The number of aliphatic hydroxyl groups is 2. The maximum Gasteiger partial charge on any atom is 0.378 e. The van der Waals surface area contributed by atoms with E-state index in [1.165, 1.54) is 52.1 Å². The third-order valence-electron chi connectivity index (χ3n) is 4.88. The lowest BCUT2D eigenvalue weighted by Crippen LogP contribution is -2.39. The van der Waals surface area contributed by atoms with E-state index in [0.717, 1.165) is 12.8 Å². The summed E-state index contributed by atoms with van der Waals surface area (Å²) in [6, 6.07) is 0. The van der Waals surface area contributed by atoms with Crippen molar-refractivity contribution in [2.45, 2.75) is 89.1 Å². The van der Waals surface area contributed by atoms with Crippen LogP contribution in [0.25, 0.3) is 0 Å². The molecule has 4 atom stereocenters. The number of carbonyl (C=O) groups is 1. The quantitative estimate of drug-likeness (QED) is 0.256. The first-order chi connectivity index (χ1) is 11.9. The first-order valence-electron chi connectivity index (χ1n) is 9.48. The van der Waals surface area contributed by atoms with Gasteiger partial charge in [-0.15, -0.1) is 0 Å². The molecule has 0 aromatic rings. The minimum Gasteiger partial charge on any atom is -0.505 e. The summed E-state index contributed by atoms with van der Waals surface area (Å²) in [5.41, 5.74) is 0. The normalized spacial score (nSPS) is 21.2. The fourth-order valence-corrected chi connectivity index (χ4v) is 3.47. The Morgan fingerprint density at radius 1 is 1.16 bits per heavy atom. The summed E-state index contributed by atoms with van der Waals surface area (Å²) in [4.78, 5) is 11.6. The fourth-order valence-electron chi connectivity index (χ4n) is 3.16. The van der Waals surface area contributed by atoms with Gasteiger partial charge in [0, 0.05) is 5.25 Å². The smallest absolute Gasteiger partial charge is 0.378 e. The zero-order valence-corrected chi connectivity index (χ0v) is 16.6. The van der Waals surface area contributed by atoms with Gasteiger partial charge in [0.15, 0.2) is 11.9 Å². The van der Waals surface area contributed by atoms with Crippen molar-refractivity contribution in [1.82, 2.24) is 0 Å². The van der Waals surface area contributed by atoms with Gasteiger partial charge < -0.3 is 19.7 Å². The lowest BCUT2D eigenvalue weighted by molar-refractivity contribution is -0.147. The predicted molar refractivity (Wildman–Crippen MR) is 102 cm³/mol. The van der Waals surface area contributed by atoms with E-state index in [2.05, 4.69) is 19.6 Å². The molecule has 0 fully saturated rings. The third-order valence-corrected chi connectivity index (χ3v) is 5.70. The fraction of sp³-hybridized carbons (Fsp3) is 0.842. The Hall–Kier alpha value is -0.880. The Morgan fingerprint density at radius 3 is 2.24 bits per heavy atom. The molecule has 1 aliphatic rings. The molecule has 1 rings (SSSR count). The van der Waals surface area contributed by atoms with Gasteiger partial charge in [-0.1, -0.05) is 65.2 Å². The Morgan fingerprint density at radius 2 is 1.72 bits per heavy atom. The van der Waals surface area contributed by atoms with Crippen LogP contribution >= 0.6 is 12.6 Å². The van der Waals surface area contributed by atoms with Gasteiger partial charge in [-0.25, -0.2) is 4.79 Å². The predicted octanol–water partition coefficient (Wildman–Crippen LogP) is 4.15. The Bertz CT molecular complexity index is 438. The third kappa shape index (κ3) is 6.74. The van der Waals surface area contributed by atoms with E-state index in [-0.39, 0.29) is 22.7 Å². The van der Waals surface area contributed by atoms with Crippen molar-refractivity contribution < 1.29 is 24.5 Å². The summed E-state index contributed by atoms with van der Waals surface area (Å²) in [6.07, 6.45) is 8.85. The van der Waals surface area contributed by atoms with Gasteiger partial charge in [0.1, 0.15) is 6.10 Å². The number of ether oxygens (including phenoxy) is 2.